The molecule has 0 saturated carbocycles. The Bertz CT molecular complexity index is 1100. The van der Waals surface area contributed by atoms with E-state index in [9.17, 15) is 19.5 Å². The molecular formula is C25H22ClF2NO3. The van der Waals surface area contributed by atoms with Gasteiger partial charge in [-0.15, -0.1) is 0 Å². The maximum Gasteiger partial charge on any atom is 0.341 e. The van der Waals surface area contributed by atoms with Gasteiger partial charge in [0, 0.05) is 17.0 Å². The van der Waals surface area contributed by atoms with E-state index in [1.54, 1.807) is 30.3 Å². The fraction of sp³-hybridized carbons (Fsp3) is 0.200. The molecule has 2 N–H and O–H groups in total. The van der Waals surface area contributed by atoms with E-state index in [0.717, 1.165) is 5.56 Å². The van der Waals surface area contributed by atoms with Crippen molar-refractivity contribution in [3.63, 3.8) is 0 Å². The highest BCUT2D eigenvalue weighted by Crippen LogP contribution is 2.29. The zero-order valence-electron chi connectivity index (χ0n) is 17.1. The Morgan fingerprint density at radius 2 is 1.66 bits per heavy atom. The van der Waals surface area contributed by atoms with E-state index in [2.05, 4.69) is 5.16 Å². The summed E-state index contributed by atoms with van der Waals surface area (Å²) in [6.45, 7) is 0. The number of oxime groups is 1. The summed E-state index contributed by atoms with van der Waals surface area (Å²) in [5.41, 5.74) is -0.995. The maximum atomic E-state index is 15.3. The predicted octanol–water partition coefficient (Wildman–Crippen LogP) is 6.53. The Morgan fingerprint density at radius 3 is 2.25 bits per heavy atom. The predicted molar refractivity (Wildman–Crippen MR) is 121 cm³/mol. The standard InChI is InChI=1S/C25H22ClF2NO3/c26-20-11-8-18(9-12-20)19-10-13-21(22(27)15-19)23(29-32)16-25(28,24(30)31)14-4-7-17-5-2-1-3-6-17/h1-3,5-6,8-13,15,32H,4,7,14,16H2,(H,30,31)/b29-23+. The monoisotopic (exact) mass is 457 g/mol. The topological polar surface area (TPSA) is 69.9 Å². The second-order valence-corrected chi connectivity index (χ2v) is 7.97. The van der Waals surface area contributed by atoms with E-state index >= 15 is 4.39 Å². The van der Waals surface area contributed by atoms with Crippen molar-refractivity contribution < 1.29 is 23.9 Å². The first-order valence-electron chi connectivity index (χ1n) is 10.1. The minimum absolute atomic E-state index is 0.156. The number of alkyl halides is 1. The first-order chi connectivity index (χ1) is 15.3. The smallest absolute Gasteiger partial charge is 0.341 e. The molecule has 1 atom stereocenters. The molecule has 0 aromatic heterocycles. The van der Waals surface area contributed by atoms with Gasteiger partial charge in [0.05, 0.1) is 5.71 Å². The van der Waals surface area contributed by atoms with Crippen LogP contribution in [0.1, 0.15) is 30.4 Å². The van der Waals surface area contributed by atoms with Crippen molar-refractivity contribution >= 4 is 23.3 Å². The fourth-order valence-corrected chi connectivity index (χ4v) is 3.64. The number of carbonyl (C=O) groups is 1. The van der Waals surface area contributed by atoms with Gasteiger partial charge in [-0.2, -0.15) is 0 Å². The molecule has 3 rings (SSSR count). The van der Waals surface area contributed by atoms with Crippen molar-refractivity contribution in [2.75, 3.05) is 0 Å². The summed E-state index contributed by atoms with van der Waals surface area (Å²) in [7, 11) is 0. The van der Waals surface area contributed by atoms with Crippen molar-refractivity contribution in [3.8, 4) is 11.1 Å². The van der Waals surface area contributed by atoms with Crippen LogP contribution in [-0.4, -0.2) is 27.7 Å². The Kier molecular flexibility index (Phi) is 7.59. The number of hydrogen-bond acceptors (Lipinski definition) is 3. The van der Waals surface area contributed by atoms with Crippen LogP contribution in [0, 0.1) is 5.82 Å². The summed E-state index contributed by atoms with van der Waals surface area (Å²) in [5, 5.41) is 22.5. The Labute approximate surface area is 189 Å². The average Bonchev–Trinajstić information content (AvgIpc) is 2.79. The molecule has 0 radical (unpaired) electrons. The molecule has 3 aromatic carbocycles. The number of aryl methyl sites for hydroxylation is 1. The highest BCUT2D eigenvalue weighted by molar-refractivity contribution is 6.30. The number of halogens is 3. The van der Waals surface area contributed by atoms with Gasteiger partial charge in [0.15, 0.2) is 0 Å². The van der Waals surface area contributed by atoms with Gasteiger partial charge in [-0.25, -0.2) is 13.6 Å². The fourth-order valence-electron chi connectivity index (χ4n) is 3.51. The molecule has 3 aromatic rings. The first kappa shape index (κ1) is 23.4. The van der Waals surface area contributed by atoms with E-state index in [-0.39, 0.29) is 24.1 Å². The quantitative estimate of drug-likeness (QED) is 0.218. The average molecular weight is 458 g/mol. The molecule has 0 heterocycles. The van der Waals surface area contributed by atoms with Crippen LogP contribution in [-0.2, 0) is 11.2 Å². The van der Waals surface area contributed by atoms with Crippen LogP contribution in [0.25, 0.3) is 11.1 Å². The molecule has 0 amide bonds. The molecule has 0 saturated heterocycles. The lowest BCUT2D eigenvalue weighted by atomic mass is 9.89. The normalized spacial score (nSPS) is 13.5. The summed E-state index contributed by atoms with van der Waals surface area (Å²) < 4.78 is 30.1. The Balaban J connectivity index is 1.76. The minimum Gasteiger partial charge on any atom is -0.479 e. The van der Waals surface area contributed by atoms with Crippen molar-refractivity contribution in [2.45, 2.75) is 31.4 Å². The number of carboxylic acid groups (broad SMARTS) is 1. The van der Waals surface area contributed by atoms with Gasteiger partial charge in [-0.1, -0.05) is 65.3 Å². The summed E-state index contributed by atoms with van der Waals surface area (Å²) >= 11 is 5.87. The van der Waals surface area contributed by atoms with Gasteiger partial charge in [-0.3, -0.25) is 0 Å². The van der Waals surface area contributed by atoms with Crippen LogP contribution < -0.4 is 0 Å². The lowest BCUT2D eigenvalue weighted by molar-refractivity contribution is -0.151. The summed E-state index contributed by atoms with van der Waals surface area (Å²) in [6.07, 6.45) is -0.301. The molecule has 0 aliphatic rings. The zero-order chi connectivity index (χ0) is 23.1. The third-order valence-electron chi connectivity index (χ3n) is 5.29. The van der Waals surface area contributed by atoms with E-state index in [1.165, 1.54) is 12.1 Å². The summed E-state index contributed by atoms with van der Waals surface area (Å²) in [6, 6.07) is 20.2. The molecule has 0 fully saturated rings. The number of rotatable bonds is 9. The van der Waals surface area contributed by atoms with Crippen LogP contribution in [0.4, 0.5) is 8.78 Å². The maximum absolute atomic E-state index is 15.3. The molecule has 0 spiro atoms. The second-order valence-electron chi connectivity index (χ2n) is 7.53. The second kappa shape index (κ2) is 10.4. The molecule has 4 nitrogen and oxygen atoms in total. The molecule has 166 valence electrons. The SMILES string of the molecule is O=C(O)C(F)(CCCc1ccccc1)C/C(=N\O)c1ccc(-c2ccc(Cl)cc2)cc1F. The summed E-state index contributed by atoms with van der Waals surface area (Å²) in [5.74, 6) is -2.42. The van der Waals surface area contributed by atoms with Crippen molar-refractivity contribution in [1.82, 2.24) is 0 Å². The zero-order valence-corrected chi connectivity index (χ0v) is 17.9. The largest absolute Gasteiger partial charge is 0.479 e. The molecule has 1 unspecified atom stereocenters. The van der Waals surface area contributed by atoms with Crippen molar-refractivity contribution in [1.29, 1.82) is 0 Å². The molecule has 7 heteroatoms. The minimum atomic E-state index is -2.70. The number of hydrogen-bond donors (Lipinski definition) is 2. The van der Waals surface area contributed by atoms with Gasteiger partial charge in [0.2, 0.25) is 5.67 Å². The highest BCUT2D eigenvalue weighted by Gasteiger charge is 2.40. The molecule has 32 heavy (non-hydrogen) atoms. The third kappa shape index (κ3) is 5.71. The van der Waals surface area contributed by atoms with Crippen LogP contribution >= 0.6 is 11.6 Å². The highest BCUT2D eigenvalue weighted by atomic mass is 35.5. The van der Waals surface area contributed by atoms with Gasteiger partial charge >= 0.3 is 5.97 Å². The first-order valence-corrected chi connectivity index (χ1v) is 10.4. The van der Waals surface area contributed by atoms with E-state index in [4.69, 9.17) is 11.6 Å². The van der Waals surface area contributed by atoms with E-state index < -0.39 is 23.9 Å². The molecule has 0 bridgehead atoms. The van der Waals surface area contributed by atoms with Gasteiger partial charge < -0.3 is 10.3 Å². The lowest BCUT2D eigenvalue weighted by Crippen LogP contribution is -2.36. The molecule has 0 aliphatic carbocycles. The van der Waals surface area contributed by atoms with Crippen LogP contribution in [0.2, 0.25) is 5.02 Å². The van der Waals surface area contributed by atoms with Crippen molar-refractivity contribution in [3.05, 3.63) is 94.8 Å². The van der Waals surface area contributed by atoms with E-state index in [1.807, 2.05) is 30.3 Å². The lowest BCUT2D eigenvalue weighted by Gasteiger charge is -2.21. The number of carboxylic acids is 1. The van der Waals surface area contributed by atoms with Gasteiger partial charge in [-0.05, 0) is 60.2 Å². The third-order valence-corrected chi connectivity index (χ3v) is 5.54. The van der Waals surface area contributed by atoms with Crippen LogP contribution in [0.15, 0.2) is 78.0 Å². The number of nitrogens with zero attached hydrogens (tertiary/aromatic N) is 1. The molecular weight excluding hydrogens is 436 g/mol. The van der Waals surface area contributed by atoms with Gasteiger partial charge in [0.1, 0.15) is 5.82 Å². The molecule has 0 aliphatic heterocycles. The Hall–Kier alpha value is -3.25. The summed E-state index contributed by atoms with van der Waals surface area (Å²) in [4.78, 5) is 11.7. The van der Waals surface area contributed by atoms with Crippen LogP contribution in [0.3, 0.4) is 0 Å². The number of aliphatic carboxylic acids is 1. The van der Waals surface area contributed by atoms with E-state index in [0.29, 0.717) is 22.6 Å². The number of benzene rings is 3. The van der Waals surface area contributed by atoms with Crippen LogP contribution in [0.5, 0.6) is 0 Å². The van der Waals surface area contributed by atoms with Gasteiger partial charge in [0.25, 0.3) is 0 Å². The Morgan fingerprint density at radius 1 is 1.00 bits per heavy atom. The van der Waals surface area contributed by atoms with Crippen molar-refractivity contribution in [2.24, 2.45) is 5.16 Å².